The van der Waals surface area contributed by atoms with Crippen LogP contribution in [-0.2, 0) is 14.8 Å². The van der Waals surface area contributed by atoms with Crippen LogP contribution in [0, 0.1) is 11.8 Å². The third-order valence-corrected chi connectivity index (χ3v) is 8.01. The number of rotatable bonds is 7. The Labute approximate surface area is 186 Å². The third-order valence-electron chi connectivity index (χ3n) is 6.47. The first kappa shape index (κ1) is 24.8. The van der Waals surface area contributed by atoms with Gasteiger partial charge in [0.15, 0.2) is 0 Å². The first-order chi connectivity index (χ1) is 15.0. The summed E-state index contributed by atoms with van der Waals surface area (Å²) >= 11 is 0. The number of nitrogens with one attached hydrogen (secondary N) is 1. The molecule has 0 radical (unpaired) electrons. The molecule has 0 aromatic heterocycles. The number of nitrogens with two attached hydrogens (primary N) is 1. The van der Waals surface area contributed by atoms with Gasteiger partial charge in [0.2, 0.25) is 15.9 Å². The van der Waals surface area contributed by atoms with Gasteiger partial charge in [0.05, 0.1) is 10.9 Å². The zero-order valence-corrected chi connectivity index (χ0v) is 18.8. The number of halogens is 3. The molecule has 0 spiro atoms. The molecule has 3 N–H and O–H groups in total. The fourth-order valence-electron chi connectivity index (χ4n) is 4.54. The summed E-state index contributed by atoms with van der Waals surface area (Å²) in [5.41, 5.74) is 6.25. The minimum atomic E-state index is -4.84. The molecule has 1 saturated heterocycles. The van der Waals surface area contributed by atoms with Crippen LogP contribution >= 0.6 is 0 Å². The Hall–Kier alpha value is -1.85. The Bertz CT molecular complexity index is 879. The number of sulfonamides is 1. The number of nitrogens with zero attached hydrogens (tertiary/aromatic N) is 1. The summed E-state index contributed by atoms with van der Waals surface area (Å²) in [6, 6.07) is 3.28. The largest absolute Gasteiger partial charge is 0.573 e. The van der Waals surface area contributed by atoms with Gasteiger partial charge in [-0.2, -0.15) is 0 Å². The molecule has 2 atom stereocenters. The van der Waals surface area contributed by atoms with Crippen molar-refractivity contribution in [3.05, 3.63) is 24.3 Å². The lowest BCUT2D eigenvalue weighted by molar-refractivity contribution is -0.274. The number of alkyl halides is 3. The van der Waals surface area contributed by atoms with E-state index in [0.717, 1.165) is 63.0 Å². The molecule has 180 valence electrons. The van der Waals surface area contributed by atoms with Crippen LogP contribution in [0.5, 0.6) is 5.75 Å². The Morgan fingerprint density at radius 3 is 2.22 bits per heavy atom. The lowest BCUT2D eigenvalue weighted by atomic mass is 9.76. The number of likely N-dealkylation sites (tertiary alicyclic amines) is 1. The normalized spacial score (nSPS) is 24.2. The second kappa shape index (κ2) is 9.96. The maximum Gasteiger partial charge on any atom is 0.573 e. The average Bonchev–Trinajstić information content (AvgIpc) is 3.26. The van der Waals surface area contributed by atoms with Gasteiger partial charge in [0.1, 0.15) is 5.75 Å². The molecule has 0 bridgehead atoms. The van der Waals surface area contributed by atoms with Gasteiger partial charge in [-0.25, -0.2) is 13.1 Å². The lowest BCUT2D eigenvalue weighted by Gasteiger charge is -2.35. The van der Waals surface area contributed by atoms with Gasteiger partial charge in [-0.05, 0) is 74.6 Å². The number of amides is 1. The predicted octanol–water partition coefficient (Wildman–Crippen LogP) is 3.01. The number of carbonyl (C=O) groups excluding carboxylic acids is 1. The van der Waals surface area contributed by atoms with E-state index in [0.29, 0.717) is 12.8 Å². The van der Waals surface area contributed by atoms with E-state index >= 15 is 0 Å². The molecule has 2 fully saturated rings. The van der Waals surface area contributed by atoms with E-state index in [-0.39, 0.29) is 28.7 Å². The van der Waals surface area contributed by atoms with Crippen LogP contribution < -0.4 is 15.2 Å². The molecule has 32 heavy (non-hydrogen) atoms. The minimum Gasteiger partial charge on any atom is -0.406 e. The van der Waals surface area contributed by atoms with Crippen LogP contribution in [-0.4, -0.2) is 50.8 Å². The van der Waals surface area contributed by atoms with Gasteiger partial charge in [0, 0.05) is 19.1 Å². The summed E-state index contributed by atoms with van der Waals surface area (Å²) in [6.07, 6.45) is -0.119. The van der Waals surface area contributed by atoms with Crippen LogP contribution in [0.15, 0.2) is 29.2 Å². The highest BCUT2D eigenvalue weighted by Gasteiger charge is 2.35. The Morgan fingerprint density at radius 2 is 1.69 bits per heavy atom. The smallest absolute Gasteiger partial charge is 0.406 e. The third kappa shape index (κ3) is 6.35. The van der Waals surface area contributed by atoms with E-state index in [4.69, 9.17) is 5.73 Å². The zero-order valence-electron chi connectivity index (χ0n) is 18.0. The molecule has 3 rings (SSSR count). The molecule has 1 aromatic rings. The van der Waals surface area contributed by atoms with E-state index in [2.05, 4.69) is 9.46 Å². The molecule has 1 aliphatic heterocycles. The molecule has 1 heterocycles. The second-order valence-corrected chi connectivity index (χ2v) is 10.4. The summed E-state index contributed by atoms with van der Waals surface area (Å²) < 4.78 is 68.4. The maximum absolute atomic E-state index is 12.6. The van der Waals surface area contributed by atoms with Gasteiger partial charge in [-0.1, -0.05) is 6.92 Å². The molecule has 2 aliphatic rings. The molecule has 7 nitrogen and oxygen atoms in total. The van der Waals surface area contributed by atoms with Gasteiger partial charge in [-0.15, -0.1) is 13.2 Å². The average molecular weight is 478 g/mol. The summed E-state index contributed by atoms with van der Waals surface area (Å²) in [6.45, 7) is 3.51. The quantitative estimate of drug-likeness (QED) is 0.629. The second-order valence-electron chi connectivity index (χ2n) is 8.67. The van der Waals surface area contributed by atoms with E-state index in [1.54, 1.807) is 0 Å². The summed E-state index contributed by atoms with van der Waals surface area (Å²) in [7, 11) is -3.87. The highest BCUT2D eigenvalue weighted by molar-refractivity contribution is 7.89. The SMILES string of the molecule is CC(C1CCC(NS(=O)(=O)c2ccc(OC(F)(F)F)cc2)CC1)[C@H](N)C(=O)N1CCCC1. The minimum absolute atomic E-state index is 0.00170. The van der Waals surface area contributed by atoms with Crippen LogP contribution in [0.25, 0.3) is 0 Å². The van der Waals surface area contributed by atoms with Crippen LogP contribution in [0.4, 0.5) is 13.2 Å². The van der Waals surface area contributed by atoms with E-state index < -0.39 is 28.2 Å². The predicted molar refractivity (Wildman–Crippen MR) is 112 cm³/mol. The van der Waals surface area contributed by atoms with Crippen molar-refractivity contribution in [2.24, 2.45) is 17.6 Å². The van der Waals surface area contributed by atoms with Crippen molar-refractivity contribution in [1.82, 2.24) is 9.62 Å². The molecule has 1 unspecified atom stereocenters. The molecule has 11 heteroatoms. The highest BCUT2D eigenvalue weighted by Crippen LogP contribution is 2.33. The zero-order chi connectivity index (χ0) is 23.5. The molecule has 1 amide bonds. The van der Waals surface area contributed by atoms with E-state index in [9.17, 15) is 26.4 Å². The number of benzene rings is 1. The van der Waals surface area contributed by atoms with E-state index in [1.807, 2.05) is 11.8 Å². The summed E-state index contributed by atoms with van der Waals surface area (Å²) in [5.74, 6) is -0.250. The van der Waals surface area contributed by atoms with Gasteiger partial charge in [-0.3, -0.25) is 4.79 Å². The molecule has 1 aliphatic carbocycles. The van der Waals surface area contributed by atoms with Gasteiger partial charge < -0.3 is 15.4 Å². The fraction of sp³-hybridized carbons (Fsp3) is 0.667. The first-order valence-electron chi connectivity index (χ1n) is 10.9. The molecular weight excluding hydrogens is 447 g/mol. The van der Waals surface area contributed by atoms with Crippen LogP contribution in [0.1, 0.15) is 45.4 Å². The van der Waals surface area contributed by atoms with Crippen molar-refractivity contribution in [1.29, 1.82) is 0 Å². The van der Waals surface area contributed by atoms with Crippen molar-refractivity contribution in [2.75, 3.05) is 13.1 Å². The number of hydrogen-bond donors (Lipinski definition) is 2. The topological polar surface area (TPSA) is 102 Å². The van der Waals surface area contributed by atoms with Gasteiger partial charge >= 0.3 is 6.36 Å². The molecule has 1 aromatic carbocycles. The Balaban J connectivity index is 1.52. The van der Waals surface area contributed by atoms with Crippen molar-refractivity contribution in [3.63, 3.8) is 0 Å². The molecule has 1 saturated carbocycles. The fourth-order valence-corrected chi connectivity index (χ4v) is 5.84. The number of ether oxygens (including phenoxy) is 1. The van der Waals surface area contributed by atoms with Crippen molar-refractivity contribution < 1.29 is 31.1 Å². The molecular formula is C21H30F3N3O4S. The first-order valence-corrected chi connectivity index (χ1v) is 12.4. The maximum atomic E-state index is 12.6. The Kier molecular flexibility index (Phi) is 7.72. The summed E-state index contributed by atoms with van der Waals surface area (Å²) in [5, 5.41) is 0. The highest BCUT2D eigenvalue weighted by atomic mass is 32.2. The number of hydrogen-bond acceptors (Lipinski definition) is 5. The standard InChI is InChI=1S/C21H30F3N3O4S/c1-14(19(25)20(28)27-12-2-3-13-27)15-4-6-16(7-5-15)26-32(29,30)18-10-8-17(9-11-18)31-21(22,23)24/h8-11,14-16,19,26H,2-7,12-13,25H2,1H3/t14?,15?,16?,19-/m0/s1. The lowest BCUT2D eigenvalue weighted by Crippen LogP contribution is -2.49. The summed E-state index contributed by atoms with van der Waals surface area (Å²) in [4.78, 5) is 14.3. The van der Waals surface area contributed by atoms with Crippen LogP contribution in [0.2, 0.25) is 0 Å². The Morgan fingerprint density at radius 1 is 1.12 bits per heavy atom. The van der Waals surface area contributed by atoms with Crippen molar-refractivity contribution in [3.8, 4) is 5.75 Å². The number of carbonyl (C=O) groups is 1. The van der Waals surface area contributed by atoms with Gasteiger partial charge in [0.25, 0.3) is 0 Å². The van der Waals surface area contributed by atoms with Crippen molar-refractivity contribution in [2.45, 2.75) is 68.8 Å². The van der Waals surface area contributed by atoms with E-state index in [1.165, 1.54) is 0 Å². The monoisotopic (exact) mass is 477 g/mol. The van der Waals surface area contributed by atoms with Crippen LogP contribution in [0.3, 0.4) is 0 Å². The van der Waals surface area contributed by atoms with Crippen molar-refractivity contribution >= 4 is 15.9 Å².